The summed E-state index contributed by atoms with van der Waals surface area (Å²) in [5, 5.41) is 6.53. The fraction of sp³-hybridized carbons (Fsp3) is 0. The maximum absolute atomic E-state index is 13.7. The van der Waals surface area contributed by atoms with Crippen molar-refractivity contribution in [2.45, 2.75) is 0 Å². The minimum atomic E-state index is -0.338. The summed E-state index contributed by atoms with van der Waals surface area (Å²) in [5.74, 6) is -0.677. The molecular formula is C26H20N4O2. The Labute approximate surface area is 184 Å². The highest BCUT2D eigenvalue weighted by Gasteiger charge is 2.37. The van der Waals surface area contributed by atoms with E-state index in [1.165, 1.54) is 0 Å². The van der Waals surface area contributed by atoms with E-state index >= 15 is 0 Å². The molecule has 0 fully saturated rings. The quantitative estimate of drug-likeness (QED) is 0.301. The molecule has 5 rings (SSSR count). The summed E-state index contributed by atoms with van der Waals surface area (Å²) in [6.45, 7) is 0. The van der Waals surface area contributed by atoms with Gasteiger partial charge in [0.1, 0.15) is 0 Å². The van der Waals surface area contributed by atoms with Crippen LogP contribution in [0.3, 0.4) is 0 Å². The van der Waals surface area contributed by atoms with Crippen LogP contribution in [0.4, 0.5) is 34.1 Å². The number of rotatable bonds is 4. The first kappa shape index (κ1) is 19.4. The van der Waals surface area contributed by atoms with Gasteiger partial charge < -0.3 is 22.1 Å². The van der Waals surface area contributed by atoms with Gasteiger partial charge in [-0.25, -0.2) is 0 Å². The van der Waals surface area contributed by atoms with Crippen LogP contribution in [0, 0.1) is 0 Å². The van der Waals surface area contributed by atoms with Crippen LogP contribution in [0.25, 0.3) is 0 Å². The maximum Gasteiger partial charge on any atom is 0.198 e. The first-order valence-electron chi connectivity index (χ1n) is 10.1. The van der Waals surface area contributed by atoms with Gasteiger partial charge in [-0.2, -0.15) is 0 Å². The summed E-state index contributed by atoms with van der Waals surface area (Å²) < 4.78 is 0. The molecule has 0 saturated carbocycles. The third kappa shape index (κ3) is 3.15. The Morgan fingerprint density at radius 2 is 0.844 bits per heavy atom. The van der Waals surface area contributed by atoms with Crippen LogP contribution in [0.2, 0.25) is 0 Å². The summed E-state index contributed by atoms with van der Waals surface area (Å²) in [7, 11) is 0. The van der Waals surface area contributed by atoms with E-state index in [1.807, 2.05) is 60.7 Å². The fourth-order valence-electron chi connectivity index (χ4n) is 4.01. The van der Waals surface area contributed by atoms with Gasteiger partial charge in [-0.1, -0.05) is 36.4 Å². The number of anilines is 6. The second-order valence-electron chi connectivity index (χ2n) is 7.54. The van der Waals surface area contributed by atoms with Crippen molar-refractivity contribution in [3.8, 4) is 0 Å². The Balaban J connectivity index is 1.73. The Morgan fingerprint density at radius 1 is 0.469 bits per heavy atom. The molecule has 156 valence electrons. The number of nitrogen functional groups attached to an aromatic ring is 2. The van der Waals surface area contributed by atoms with E-state index in [-0.39, 0.29) is 45.2 Å². The number of hydrogen-bond acceptors (Lipinski definition) is 6. The van der Waals surface area contributed by atoms with Crippen molar-refractivity contribution in [3.05, 3.63) is 107 Å². The molecule has 1 aliphatic rings. The van der Waals surface area contributed by atoms with Gasteiger partial charge >= 0.3 is 0 Å². The van der Waals surface area contributed by atoms with Crippen molar-refractivity contribution in [1.82, 2.24) is 0 Å². The molecule has 0 heterocycles. The lowest BCUT2D eigenvalue weighted by Gasteiger charge is -2.25. The highest BCUT2D eigenvalue weighted by molar-refractivity contribution is 6.35. The normalized spacial score (nSPS) is 12.1. The molecule has 0 amide bonds. The molecule has 0 saturated heterocycles. The van der Waals surface area contributed by atoms with E-state index in [4.69, 9.17) is 11.5 Å². The molecule has 1 aliphatic carbocycles. The summed E-state index contributed by atoms with van der Waals surface area (Å²) in [6.07, 6.45) is 0. The smallest absolute Gasteiger partial charge is 0.198 e. The molecule has 0 aliphatic heterocycles. The number of carbonyl (C=O) groups excluding carboxylic acids is 2. The molecule has 4 aromatic rings. The summed E-state index contributed by atoms with van der Waals surface area (Å²) >= 11 is 0. The van der Waals surface area contributed by atoms with Crippen LogP contribution in [0.15, 0.2) is 84.9 Å². The third-order valence-corrected chi connectivity index (χ3v) is 5.49. The number of hydrogen-bond donors (Lipinski definition) is 4. The number of ketones is 2. The molecule has 0 unspecified atom stereocenters. The first-order valence-corrected chi connectivity index (χ1v) is 10.1. The summed E-state index contributed by atoms with van der Waals surface area (Å²) in [5.41, 5.74) is 16.2. The van der Waals surface area contributed by atoms with E-state index in [0.717, 1.165) is 11.4 Å². The molecule has 6 N–H and O–H groups in total. The van der Waals surface area contributed by atoms with Crippen molar-refractivity contribution in [2.75, 3.05) is 22.1 Å². The lowest BCUT2D eigenvalue weighted by atomic mass is 9.80. The van der Waals surface area contributed by atoms with Gasteiger partial charge in [0.2, 0.25) is 0 Å². The molecule has 4 aromatic carbocycles. The molecule has 0 aromatic heterocycles. The largest absolute Gasteiger partial charge is 0.398 e. The predicted molar refractivity (Wildman–Crippen MR) is 128 cm³/mol. The number of nitrogens with one attached hydrogen (secondary N) is 2. The Hall–Kier alpha value is -4.58. The minimum absolute atomic E-state index is 0.149. The molecule has 0 bridgehead atoms. The molecule has 0 radical (unpaired) electrons. The number of benzene rings is 4. The third-order valence-electron chi connectivity index (χ3n) is 5.49. The predicted octanol–water partition coefficient (Wildman–Crippen LogP) is 5.11. The molecule has 6 nitrogen and oxygen atoms in total. The van der Waals surface area contributed by atoms with Crippen molar-refractivity contribution in [3.63, 3.8) is 0 Å². The number of carbonyl (C=O) groups is 2. The van der Waals surface area contributed by atoms with Crippen LogP contribution in [0.5, 0.6) is 0 Å². The van der Waals surface area contributed by atoms with Crippen LogP contribution >= 0.6 is 0 Å². The molecule has 0 atom stereocenters. The number of fused-ring (bicyclic) bond motifs is 2. The van der Waals surface area contributed by atoms with E-state index in [2.05, 4.69) is 10.6 Å². The highest BCUT2D eigenvalue weighted by atomic mass is 16.1. The standard InChI is InChI=1S/C26H20N4O2/c27-17-11-12-18(28)22-21(17)25(31)23-19(29-15-7-3-1-4-8-15)13-14-20(24(23)26(22)32)30-16-9-5-2-6-10-16/h1-14,29-30H,27-28H2. The van der Waals surface area contributed by atoms with E-state index < -0.39 is 0 Å². The zero-order valence-corrected chi connectivity index (χ0v) is 17.1. The summed E-state index contributed by atoms with van der Waals surface area (Å²) in [4.78, 5) is 27.4. The average Bonchev–Trinajstić information content (AvgIpc) is 2.81. The second-order valence-corrected chi connectivity index (χ2v) is 7.54. The monoisotopic (exact) mass is 420 g/mol. The Kier molecular flexibility index (Phi) is 4.60. The maximum atomic E-state index is 13.7. The van der Waals surface area contributed by atoms with Gasteiger partial charge in [0.05, 0.1) is 33.6 Å². The van der Waals surface area contributed by atoms with Gasteiger partial charge in [-0.05, 0) is 48.5 Å². The average molecular weight is 420 g/mol. The van der Waals surface area contributed by atoms with E-state index in [0.29, 0.717) is 11.4 Å². The summed E-state index contributed by atoms with van der Waals surface area (Å²) in [6, 6.07) is 25.6. The Bertz CT molecular complexity index is 1260. The number of nitrogens with two attached hydrogens (primary N) is 2. The van der Waals surface area contributed by atoms with E-state index in [1.54, 1.807) is 24.3 Å². The van der Waals surface area contributed by atoms with Crippen LogP contribution in [-0.4, -0.2) is 11.6 Å². The van der Waals surface area contributed by atoms with Gasteiger partial charge in [-0.15, -0.1) is 0 Å². The van der Waals surface area contributed by atoms with Gasteiger partial charge in [0.25, 0.3) is 0 Å². The fourth-order valence-corrected chi connectivity index (χ4v) is 4.01. The van der Waals surface area contributed by atoms with Crippen LogP contribution in [-0.2, 0) is 0 Å². The molecule has 6 heteroatoms. The highest BCUT2D eigenvalue weighted by Crippen LogP contribution is 2.41. The van der Waals surface area contributed by atoms with Crippen molar-refractivity contribution in [2.24, 2.45) is 0 Å². The first-order chi connectivity index (χ1) is 15.5. The SMILES string of the molecule is Nc1ccc(N)c2c1C(=O)c1c(Nc3ccccc3)ccc(Nc3ccccc3)c1C2=O. The second kappa shape index (κ2) is 7.59. The minimum Gasteiger partial charge on any atom is -0.398 e. The van der Waals surface area contributed by atoms with Gasteiger partial charge in [-0.3, -0.25) is 9.59 Å². The molecule has 0 spiro atoms. The number of para-hydroxylation sites is 2. The van der Waals surface area contributed by atoms with Gasteiger partial charge in [0, 0.05) is 22.7 Å². The zero-order chi connectivity index (χ0) is 22.2. The van der Waals surface area contributed by atoms with E-state index in [9.17, 15) is 9.59 Å². The topological polar surface area (TPSA) is 110 Å². The lowest BCUT2D eigenvalue weighted by Crippen LogP contribution is -2.26. The molecular weight excluding hydrogens is 400 g/mol. The lowest BCUT2D eigenvalue weighted by molar-refractivity contribution is 0.0981. The van der Waals surface area contributed by atoms with Crippen LogP contribution in [0.1, 0.15) is 31.8 Å². The zero-order valence-electron chi connectivity index (χ0n) is 17.1. The van der Waals surface area contributed by atoms with Crippen molar-refractivity contribution in [1.29, 1.82) is 0 Å². The van der Waals surface area contributed by atoms with Crippen molar-refractivity contribution >= 4 is 45.7 Å². The van der Waals surface area contributed by atoms with Crippen molar-refractivity contribution < 1.29 is 9.59 Å². The molecule has 32 heavy (non-hydrogen) atoms. The Morgan fingerprint density at radius 3 is 1.22 bits per heavy atom. The van der Waals surface area contributed by atoms with Gasteiger partial charge in [0.15, 0.2) is 11.6 Å². The van der Waals surface area contributed by atoms with Crippen LogP contribution < -0.4 is 22.1 Å².